The van der Waals surface area contributed by atoms with Crippen LogP contribution in [0.4, 0.5) is 16.2 Å². The van der Waals surface area contributed by atoms with Crippen molar-refractivity contribution in [1.29, 1.82) is 0 Å². The van der Waals surface area contributed by atoms with Crippen LogP contribution < -0.4 is 16.0 Å². The highest BCUT2D eigenvalue weighted by Crippen LogP contribution is 2.56. The predicted octanol–water partition coefficient (Wildman–Crippen LogP) is 2.58. The van der Waals surface area contributed by atoms with Gasteiger partial charge in [-0.15, -0.1) is 0 Å². The summed E-state index contributed by atoms with van der Waals surface area (Å²) in [5.41, 5.74) is 2.41. The normalized spacial score (nSPS) is 25.6. The van der Waals surface area contributed by atoms with Crippen LogP contribution >= 0.6 is 0 Å². The Morgan fingerprint density at radius 1 is 1.17 bits per heavy atom. The molecule has 3 aliphatic rings. The zero-order chi connectivity index (χ0) is 30.7. The number of hydrogen-bond donors (Lipinski definition) is 6. The van der Waals surface area contributed by atoms with Gasteiger partial charge in [0.15, 0.2) is 17.1 Å². The lowest BCUT2D eigenvalue weighted by Gasteiger charge is -2.50. The third-order valence-electron chi connectivity index (χ3n) is 8.21. The number of primary amides is 1. The van der Waals surface area contributed by atoms with Crippen molar-refractivity contribution in [1.82, 2.24) is 0 Å². The number of aromatic hydroxyl groups is 1. The van der Waals surface area contributed by atoms with E-state index in [2.05, 4.69) is 5.32 Å². The molecule has 222 valence electrons. The first kappa shape index (κ1) is 29.9. The standard InChI is InChI=1S/C29H37N3O9/c1-11(2)10-41-28(39)31-16-9-17(32(5)6)14-7-13-8-15-18(12(3)4)23(34)21(27(30)38)26(37)29(15,40)25(36)19(13)24(35)20(14)22(16)33/h9,11-13,15,18,33,35,37,40H,7-8,10H2,1-6H3,(H2,30,38)(H,31,39)/t13-,15-,18-,29-/m0/s1. The third-order valence-corrected chi connectivity index (χ3v) is 8.21. The van der Waals surface area contributed by atoms with Gasteiger partial charge < -0.3 is 35.8 Å². The molecule has 0 unspecified atom stereocenters. The van der Waals surface area contributed by atoms with Crippen LogP contribution in [0, 0.1) is 29.6 Å². The van der Waals surface area contributed by atoms with Gasteiger partial charge in [-0.1, -0.05) is 27.7 Å². The van der Waals surface area contributed by atoms with Crippen LogP contribution in [0.1, 0.15) is 45.2 Å². The van der Waals surface area contributed by atoms with E-state index in [1.165, 1.54) is 6.07 Å². The van der Waals surface area contributed by atoms with Gasteiger partial charge in [-0.3, -0.25) is 19.7 Å². The van der Waals surface area contributed by atoms with Crippen LogP contribution in [-0.2, 0) is 25.5 Å². The molecule has 0 spiro atoms. The molecule has 4 atom stereocenters. The van der Waals surface area contributed by atoms with Gasteiger partial charge in [-0.2, -0.15) is 0 Å². The largest absolute Gasteiger partial charge is 0.508 e. The number of phenols is 1. The Morgan fingerprint density at radius 3 is 2.34 bits per heavy atom. The van der Waals surface area contributed by atoms with E-state index < -0.39 is 75.7 Å². The third kappa shape index (κ3) is 4.59. The summed E-state index contributed by atoms with van der Waals surface area (Å²) in [6.07, 6.45) is -0.676. The Morgan fingerprint density at radius 2 is 1.80 bits per heavy atom. The van der Waals surface area contributed by atoms with Crippen LogP contribution in [0.15, 0.2) is 23.0 Å². The van der Waals surface area contributed by atoms with Gasteiger partial charge in [0.05, 0.1) is 17.9 Å². The Balaban J connectivity index is 1.91. The molecule has 12 nitrogen and oxygen atoms in total. The topological polar surface area (TPSA) is 200 Å². The van der Waals surface area contributed by atoms with E-state index in [1.54, 1.807) is 32.8 Å². The number of fused-ring (bicyclic) bond motifs is 3. The smallest absolute Gasteiger partial charge is 0.411 e. The summed E-state index contributed by atoms with van der Waals surface area (Å²) in [6.45, 7) is 7.26. The molecule has 2 amide bonds. The fourth-order valence-electron chi connectivity index (χ4n) is 6.42. The number of phenolic OH excluding ortho intramolecular Hbond substituents is 1. The van der Waals surface area contributed by atoms with Crippen molar-refractivity contribution in [2.45, 2.75) is 46.1 Å². The minimum absolute atomic E-state index is 0.0148. The first-order valence-corrected chi connectivity index (χ1v) is 13.5. The highest BCUT2D eigenvalue weighted by molar-refractivity contribution is 6.23. The number of amides is 2. The fourth-order valence-corrected chi connectivity index (χ4v) is 6.42. The van der Waals surface area contributed by atoms with Crippen LogP contribution in [-0.4, -0.2) is 70.3 Å². The molecule has 0 saturated heterocycles. The molecule has 3 aliphatic carbocycles. The molecule has 1 aromatic carbocycles. The molecule has 0 aliphatic heterocycles. The van der Waals surface area contributed by atoms with E-state index in [9.17, 15) is 39.6 Å². The summed E-state index contributed by atoms with van der Waals surface area (Å²) in [7, 11) is 3.47. The van der Waals surface area contributed by atoms with Crippen LogP contribution in [0.5, 0.6) is 5.75 Å². The lowest BCUT2D eigenvalue weighted by Crippen LogP contribution is -2.62. The van der Waals surface area contributed by atoms with Crippen molar-refractivity contribution in [2.24, 2.45) is 35.3 Å². The quantitative estimate of drug-likeness (QED) is 0.218. The number of anilines is 2. The van der Waals surface area contributed by atoms with Gasteiger partial charge in [-0.05, 0) is 42.2 Å². The summed E-state index contributed by atoms with van der Waals surface area (Å²) in [5.74, 6) is -8.54. The van der Waals surface area contributed by atoms with Crippen LogP contribution in [0.2, 0.25) is 0 Å². The Labute approximate surface area is 237 Å². The molecular formula is C29H37N3O9. The van der Waals surface area contributed by atoms with E-state index >= 15 is 0 Å². The fraction of sp³-hybridized carbons (Fsp3) is 0.517. The van der Waals surface area contributed by atoms with Crippen molar-refractivity contribution in [2.75, 3.05) is 30.9 Å². The molecule has 0 radical (unpaired) electrons. The van der Waals surface area contributed by atoms with Gasteiger partial charge in [-0.25, -0.2) is 4.79 Å². The molecule has 4 rings (SSSR count). The molecule has 1 fully saturated rings. The highest BCUT2D eigenvalue weighted by Gasteiger charge is 2.64. The number of carbonyl (C=O) groups excluding carboxylic acids is 4. The SMILES string of the molecule is CC(C)COC(=O)Nc1cc(N(C)C)c2c(c1O)C(O)=C1C(=O)[C@]3(O)C(O)=C(C(N)=O)C(=O)[C@@H](C(C)C)[C@@H]3C[C@@H]1C2. The maximum absolute atomic E-state index is 14.0. The monoisotopic (exact) mass is 571 g/mol. The zero-order valence-electron chi connectivity index (χ0n) is 23.9. The number of aliphatic hydroxyl groups is 3. The predicted molar refractivity (Wildman–Crippen MR) is 149 cm³/mol. The molecule has 41 heavy (non-hydrogen) atoms. The number of carbonyl (C=O) groups is 4. The van der Waals surface area contributed by atoms with Crippen LogP contribution in [0.25, 0.3) is 5.76 Å². The van der Waals surface area contributed by atoms with Gasteiger partial charge in [0.1, 0.15) is 17.1 Å². The number of ether oxygens (including phenoxy) is 1. The average Bonchev–Trinajstić information content (AvgIpc) is 2.85. The second kappa shape index (κ2) is 10.4. The minimum atomic E-state index is -2.69. The molecular weight excluding hydrogens is 534 g/mol. The van der Waals surface area contributed by atoms with Crippen molar-refractivity contribution in [3.8, 4) is 5.75 Å². The Kier molecular flexibility index (Phi) is 7.59. The van der Waals surface area contributed by atoms with Crippen molar-refractivity contribution in [3.05, 3.63) is 34.1 Å². The highest BCUT2D eigenvalue weighted by atomic mass is 16.5. The first-order valence-electron chi connectivity index (χ1n) is 13.5. The van der Waals surface area contributed by atoms with Gasteiger partial charge in [0.2, 0.25) is 5.78 Å². The Bertz CT molecular complexity index is 1410. The number of nitrogens with zero attached hydrogens (tertiary/aromatic N) is 1. The number of benzene rings is 1. The number of nitrogens with two attached hydrogens (primary N) is 1. The number of rotatable bonds is 6. The Hall–Kier alpha value is -4.06. The average molecular weight is 572 g/mol. The maximum Gasteiger partial charge on any atom is 0.411 e. The molecule has 0 bridgehead atoms. The summed E-state index contributed by atoms with van der Waals surface area (Å²) in [4.78, 5) is 53.5. The maximum atomic E-state index is 14.0. The number of ketones is 2. The van der Waals surface area contributed by atoms with E-state index in [4.69, 9.17) is 10.5 Å². The van der Waals surface area contributed by atoms with Crippen molar-refractivity contribution in [3.63, 3.8) is 0 Å². The number of aliphatic hydroxyl groups excluding tert-OH is 2. The minimum Gasteiger partial charge on any atom is -0.508 e. The summed E-state index contributed by atoms with van der Waals surface area (Å²) in [6, 6.07) is 1.53. The van der Waals surface area contributed by atoms with Gasteiger partial charge >= 0.3 is 6.09 Å². The van der Waals surface area contributed by atoms with E-state index in [1.807, 2.05) is 13.8 Å². The molecule has 0 heterocycles. The van der Waals surface area contributed by atoms with Crippen LogP contribution in [0.3, 0.4) is 0 Å². The molecule has 1 saturated carbocycles. The number of nitrogens with one attached hydrogen (secondary N) is 1. The van der Waals surface area contributed by atoms with Crippen molar-refractivity contribution >= 4 is 40.7 Å². The van der Waals surface area contributed by atoms with E-state index in [-0.39, 0.29) is 42.2 Å². The lowest BCUT2D eigenvalue weighted by atomic mass is 9.54. The summed E-state index contributed by atoms with van der Waals surface area (Å²) < 4.78 is 5.15. The molecule has 7 N–H and O–H groups in total. The first-order chi connectivity index (χ1) is 19.0. The molecule has 1 aromatic rings. The molecule has 12 heteroatoms. The van der Waals surface area contributed by atoms with Gasteiger partial charge in [0, 0.05) is 37.2 Å². The van der Waals surface area contributed by atoms with Crippen molar-refractivity contribution < 1.29 is 44.3 Å². The second-order valence-corrected chi connectivity index (χ2v) is 12.0. The summed E-state index contributed by atoms with van der Waals surface area (Å²) in [5, 5.41) is 47.9. The lowest BCUT2D eigenvalue weighted by molar-refractivity contribution is -0.155. The number of hydrogen-bond acceptors (Lipinski definition) is 10. The molecule has 0 aromatic heterocycles. The summed E-state index contributed by atoms with van der Waals surface area (Å²) >= 11 is 0. The zero-order valence-corrected chi connectivity index (χ0v) is 23.9. The van der Waals surface area contributed by atoms with E-state index in [0.717, 1.165) is 0 Å². The number of Topliss-reactive ketones (excluding diaryl/α,β-unsaturated/α-hetero) is 2. The van der Waals surface area contributed by atoms with E-state index in [0.29, 0.717) is 11.3 Å². The second-order valence-electron chi connectivity index (χ2n) is 12.0. The van der Waals surface area contributed by atoms with Gasteiger partial charge in [0.25, 0.3) is 5.91 Å².